The van der Waals surface area contributed by atoms with Crippen LogP contribution in [0.4, 0.5) is 28.0 Å². The second kappa shape index (κ2) is 12.5. The lowest BCUT2D eigenvalue weighted by atomic mass is 10.0. The van der Waals surface area contributed by atoms with Crippen LogP contribution in [0.2, 0.25) is 0 Å². The summed E-state index contributed by atoms with van der Waals surface area (Å²) in [5.74, 6) is -2.46. The van der Waals surface area contributed by atoms with Gasteiger partial charge >= 0.3 is 18.2 Å². The maximum Gasteiger partial charge on any atom is 0.471 e. The highest BCUT2D eigenvalue weighted by atomic mass is 32.1. The second-order valence-electron chi connectivity index (χ2n) is 10.6. The molecular formula is C30H25F4N7O5S. The van der Waals surface area contributed by atoms with Crippen molar-refractivity contribution in [3.8, 4) is 22.2 Å². The number of likely N-dealkylation sites (tertiary alicyclic amines) is 1. The van der Waals surface area contributed by atoms with Crippen LogP contribution in [-0.2, 0) is 9.53 Å². The number of halogens is 4. The van der Waals surface area contributed by atoms with Crippen LogP contribution in [0.25, 0.3) is 31.8 Å². The minimum Gasteiger partial charge on any atom is -0.482 e. The van der Waals surface area contributed by atoms with Crippen molar-refractivity contribution in [2.45, 2.75) is 38.7 Å². The zero-order valence-corrected chi connectivity index (χ0v) is 25.8. The third-order valence-corrected chi connectivity index (χ3v) is 8.29. The number of amides is 2. The molecule has 47 heavy (non-hydrogen) atoms. The highest BCUT2D eigenvalue weighted by Gasteiger charge is 2.46. The van der Waals surface area contributed by atoms with E-state index in [1.54, 1.807) is 6.92 Å². The first kappa shape index (κ1) is 31.8. The number of rotatable bonds is 6. The zero-order chi connectivity index (χ0) is 33.5. The van der Waals surface area contributed by atoms with Gasteiger partial charge < -0.3 is 19.1 Å². The minimum atomic E-state index is -5.14. The van der Waals surface area contributed by atoms with Crippen molar-refractivity contribution < 1.29 is 41.4 Å². The van der Waals surface area contributed by atoms with Gasteiger partial charge in [-0.2, -0.15) is 13.2 Å². The maximum absolute atomic E-state index is 15.5. The Morgan fingerprint density at radius 3 is 2.49 bits per heavy atom. The number of hydrogen-bond acceptors (Lipinski definition) is 11. The molecule has 1 aliphatic rings. The first-order chi connectivity index (χ1) is 22.4. The van der Waals surface area contributed by atoms with E-state index in [0.29, 0.717) is 48.4 Å². The molecule has 0 aliphatic carbocycles. The van der Waals surface area contributed by atoms with Gasteiger partial charge in [0.05, 0.1) is 59.2 Å². The number of aryl methyl sites for hydroxylation is 2. The standard InChI is InChI=1S/C30H25F4N7O5S/c1-14-6-17(26-20(7-14)39-25(44-3)12-37-26)27-40-19-8-18(31)22(9-24(19)47-27)45-23-13-41(28(42)30(32,33)34)5-4-21(23)46-29(43)38-16-10-35-15(2)36-11-16/h6-12,21,23H,4-5,13H2,1-3H3,(H,38,43)/t21-,23+/m0/s1. The van der Waals surface area contributed by atoms with E-state index in [-0.39, 0.29) is 24.4 Å². The monoisotopic (exact) mass is 671 g/mol. The molecule has 3 aromatic heterocycles. The number of hydrogen-bond donors (Lipinski definition) is 1. The molecule has 244 valence electrons. The van der Waals surface area contributed by atoms with Gasteiger partial charge in [-0.15, -0.1) is 11.3 Å². The van der Waals surface area contributed by atoms with Crippen molar-refractivity contribution in [2.24, 2.45) is 0 Å². The van der Waals surface area contributed by atoms with E-state index in [1.165, 1.54) is 43.1 Å². The summed E-state index contributed by atoms with van der Waals surface area (Å²) in [6, 6.07) is 6.22. The summed E-state index contributed by atoms with van der Waals surface area (Å²) in [4.78, 5) is 46.7. The number of piperidine rings is 1. The van der Waals surface area contributed by atoms with Crippen LogP contribution in [0.15, 0.2) is 42.9 Å². The van der Waals surface area contributed by atoms with E-state index < -0.39 is 42.7 Å². The Balaban J connectivity index is 1.29. The normalized spacial score (nSPS) is 16.7. The number of alkyl halides is 3. The number of fused-ring (bicyclic) bond motifs is 2. The minimum absolute atomic E-state index is 0.203. The molecule has 1 N–H and O–H groups in total. The van der Waals surface area contributed by atoms with Gasteiger partial charge in [-0.3, -0.25) is 10.1 Å². The van der Waals surface area contributed by atoms with Crippen LogP contribution in [0.1, 0.15) is 17.8 Å². The Morgan fingerprint density at radius 2 is 1.77 bits per heavy atom. The van der Waals surface area contributed by atoms with Crippen molar-refractivity contribution in [2.75, 3.05) is 25.5 Å². The average molecular weight is 672 g/mol. The quantitative estimate of drug-likeness (QED) is 0.226. The molecule has 0 radical (unpaired) electrons. The van der Waals surface area contributed by atoms with Crippen LogP contribution < -0.4 is 14.8 Å². The maximum atomic E-state index is 15.5. The number of carbonyl (C=O) groups excluding carboxylic acids is 2. The summed E-state index contributed by atoms with van der Waals surface area (Å²) >= 11 is 1.21. The predicted molar refractivity (Wildman–Crippen MR) is 162 cm³/mol. The molecule has 0 bridgehead atoms. The van der Waals surface area contributed by atoms with E-state index in [2.05, 4.69) is 30.2 Å². The molecule has 5 aromatic rings. The van der Waals surface area contributed by atoms with Crippen molar-refractivity contribution in [3.63, 3.8) is 0 Å². The molecule has 2 amide bonds. The van der Waals surface area contributed by atoms with Gasteiger partial charge in [0.2, 0.25) is 5.88 Å². The number of anilines is 1. The van der Waals surface area contributed by atoms with Crippen molar-refractivity contribution in [3.05, 3.63) is 60.1 Å². The van der Waals surface area contributed by atoms with Gasteiger partial charge in [-0.25, -0.2) is 34.1 Å². The van der Waals surface area contributed by atoms with Crippen LogP contribution in [0, 0.1) is 19.7 Å². The van der Waals surface area contributed by atoms with Gasteiger partial charge in [-0.1, -0.05) is 0 Å². The van der Waals surface area contributed by atoms with Crippen LogP contribution in [0.3, 0.4) is 0 Å². The molecule has 6 rings (SSSR count). The van der Waals surface area contributed by atoms with Crippen molar-refractivity contribution in [1.82, 2.24) is 29.8 Å². The molecule has 12 nitrogen and oxygen atoms in total. The highest BCUT2D eigenvalue weighted by Crippen LogP contribution is 2.38. The van der Waals surface area contributed by atoms with E-state index >= 15 is 4.39 Å². The van der Waals surface area contributed by atoms with E-state index in [0.717, 1.165) is 11.6 Å². The number of benzene rings is 2. The third kappa shape index (κ3) is 6.84. The number of methoxy groups -OCH3 is 1. The number of carbonyl (C=O) groups is 2. The van der Waals surface area contributed by atoms with Crippen molar-refractivity contribution >= 4 is 50.3 Å². The average Bonchev–Trinajstić information content (AvgIpc) is 3.44. The van der Waals surface area contributed by atoms with E-state index in [1.807, 2.05) is 19.1 Å². The first-order valence-electron chi connectivity index (χ1n) is 14.1. The van der Waals surface area contributed by atoms with Crippen LogP contribution in [0.5, 0.6) is 11.6 Å². The molecule has 0 spiro atoms. The summed E-state index contributed by atoms with van der Waals surface area (Å²) in [7, 11) is 1.48. The van der Waals surface area contributed by atoms with E-state index in [4.69, 9.17) is 14.2 Å². The number of nitrogens with zero attached hydrogens (tertiary/aromatic N) is 6. The fourth-order valence-electron chi connectivity index (χ4n) is 5.06. The number of aromatic nitrogens is 5. The van der Waals surface area contributed by atoms with E-state index in [9.17, 15) is 22.8 Å². The van der Waals surface area contributed by atoms with Crippen LogP contribution >= 0.6 is 11.3 Å². The fraction of sp³-hybridized carbons (Fsp3) is 0.300. The Hall–Kier alpha value is -5.19. The Morgan fingerprint density at radius 1 is 1.00 bits per heavy atom. The van der Waals surface area contributed by atoms with Crippen LogP contribution in [-0.4, -0.2) is 80.4 Å². The lowest BCUT2D eigenvalue weighted by Crippen LogP contribution is -2.55. The largest absolute Gasteiger partial charge is 0.482 e. The zero-order valence-electron chi connectivity index (χ0n) is 25.0. The molecule has 1 fully saturated rings. The molecule has 17 heteroatoms. The first-order valence-corrected chi connectivity index (χ1v) is 14.9. The summed E-state index contributed by atoms with van der Waals surface area (Å²) in [5, 5.41) is 2.95. The third-order valence-electron chi connectivity index (χ3n) is 7.24. The van der Waals surface area contributed by atoms with Gasteiger partial charge in [0.15, 0.2) is 17.7 Å². The molecule has 2 aromatic carbocycles. The topological polar surface area (TPSA) is 142 Å². The summed E-state index contributed by atoms with van der Waals surface area (Å²) in [6.07, 6.45) is -4.62. The highest BCUT2D eigenvalue weighted by molar-refractivity contribution is 7.21. The molecule has 1 saturated heterocycles. The molecule has 0 saturated carbocycles. The fourth-order valence-corrected chi connectivity index (χ4v) is 6.05. The molecule has 2 atom stereocenters. The molecule has 1 aliphatic heterocycles. The number of thiazole rings is 1. The number of nitrogens with one attached hydrogen (secondary N) is 1. The molecule has 4 heterocycles. The smallest absolute Gasteiger partial charge is 0.471 e. The lowest BCUT2D eigenvalue weighted by Gasteiger charge is -2.38. The summed E-state index contributed by atoms with van der Waals surface area (Å²) in [6.45, 7) is 2.54. The summed E-state index contributed by atoms with van der Waals surface area (Å²) < 4.78 is 72.3. The Kier molecular flexibility index (Phi) is 8.48. The van der Waals surface area contributed by atoms with Gasteiger partial charge in [0.25, 0.3) is 0 Å². The molecule has 0 unspecified atom stereocenters. The number of ether oxygens (including phenoxy) is 3. The van der Waals surface area contributed by atoms with Gasteiger partial charge in [0.1, 0.15) is 16.9 Å². The Labute approximate surface area is 267 Å². The molecular weight excluding hydrogens is 646 g/mol. The van der Waals surface area contributed by atoms with Gasteiger partial charge in [0, 0.05) is 30.7 Å². The SMILES string of the molecule is COc1cnc2c(-c3nc4cc(F)c(O[C@@H]5CN(C(=O)C(F)(F)F)CC[C@@H]5OC(=O)Nc5cnc(C)nc5)cc4s3)cc(C)cc2n1. The van der Waals surface area contributed by atoms with Gasteiger partial charge in [-0.05, 0) is 31.5 Å². The second-order valence-corrected chi connectivity index (χ2v) is 11.7. The van der Waals surface area contributed by atoms with Crippen molar-refractivity contribution in [1.29, 1.82) is 0 Å². The predicted octanol–water partition coefficient (Wildman–Crippen LogP) is 5.62. The summed E-state index contributed by atoms with van der Waals surface area (Å²) in [5.41, 5.74) is 3.19. The Bertz CT molecular complexity index is 1990. The lowest BCUT2D eigenvalue weighted by molar-refractivity contribution is -0.189.